The quantitative estimate of drug-likeness (QED) is 0.553. The van der Waals surface area contributed by atoms with Crippen LogP contribution < -0.4 is 5.32 Å². The Morgan fingerprint density at radius 2 is 1.62 bits per heavy atom. The number of ketones is 1. The molecule has 0 unspecified atom stereocenters. The summed E-state index contributed by atoms with van der Waals surface area (Å²) in [4.78, 5) is 14.3. The molecule has 1 N–H and O–H groups in total. The molecule has 0 spiro atoms. The number of Topliss-reactive ketones (excluding diaryl/α,β-unsaturated/α-hetero) is 1. The average molecular weight is 329 g/mol. The van der Waals surface area contributed by atoms with Crippen molar-refractivity contribution in [3.63, 3.8) is 0 Å². The number of para-hydroxylation sites is 1. The molecule has 4 heteroatoms. The number of nitrogens with one attached hydrogen (secondary N) is 1. The number of aryl methyl sites for hydroxylation is 1. The molecule has 24 heavy (non-hydrogen) atoms. The van der Waals surface area contributed by atoms with Crippen LogP contribution in [0.2, 0.25) is 0 Å². The second-order valence-electron chi connectivity index (χ2n) is 4.36. The van der Waals surface area contributed by atoms with Gasteiger partial charge in [-0.05, 0) is 38.1 Å². The summed E-state index contributed by atoms with van der Waals surface area (Å²) in [7, 11) is 3.70. The van der Waals surface area contributed by atoms with E-state index < -0.39 is 0 Å². The Labute approximate surface area is 147 Å². The van der Waals surface area contributed by atoms with Gasteiger partial charge in [0.25, 0.3) is 0 Å². The van der Waals surface area contributed by atoms with E-state index in [1.807, 2.05) is 89.7 Å². The topological polar surface area (TPSA) is 38.4 Å². The van der Waals surface area contributed by atoms with E-state index in [1.165, 1.54) is 0 Å². The molecule has 132 valence electrons. The van der Waals surface area contributed by atoms with Crippen LogP contribution in [0.15, 0.2) is 36.4 Å². The maximum absolute atomic E-state index is 11.0. The second kappa shape index (κ2) is 14.1. The van der Waals surface area contributed by atoms with Crippen LogP contribution in [0.5, 0.6) is 0 Å². The minimum Gasteiger partial charge on any atom is -0.388 e. The fourth-order valence-corrected chi connectivity index (χ4v) is 1.72. The summed E-state index contributed by atoms with van der Waals surface area (Å²) in [5, 5.41) is 2.96. The van der Waals surface area contributed by atoms with E-state index in [0.29, 0.717) is 5.82 Å². The fraction of sp³-hybridized carbons (Fsp3) is 0.400. The molecule has 0 radical (unpaired) electrons. The van der Waals surface area contributed by atoms with Crippen molar-refractivity contribution in [2.24, 2.45) is 7.05 Å². The predicted octanol–water partition coefficient (Wildman–Crippen LogP) is 5.87. The van der Waals surface area contributed by atoms with Gasteiger partial charge in [0.05, 0.1) is 12.7 Å². The molecule has 0 saturated carbocycles. The first-order valence-corrected chi connectivity index (χ1v) is 8.28. The van der Waals surface area contributed by atoms with E-state index in [-0.39, 0.29) is 5.78 Å². The monoisotopic (exact) mass is 329 g/mol. The molecule has 0 saturated heterocycles. The molecule has 1 aromatic carbocycles. The third kappa shape index (κ3) is 7.64. The van der Waals surface area contributed by atoms with Gasteiger partial charge < -0.3 is 14.7 Å². The van der Waals surface area contributed by atoms with Crippen LogP contribution in [0.25, 0.3) is 4.85 Å². The van der Waals surface area contributed by atoms with Gasteiger partial charge in [0.15, 0.2) is 5.78 Å². The highest BCUT2D eigenvalue weighted by Crippen LogP contribution is 2.14. The zero-order valence-electron chi connectivity index (χ0n) is 16.3. The molecule has 4 nitrogen and oxygen atoms in total. The maximum atomic E-state index is 11.0. The molecule has 0 fully saturated rings. The predicted molar refractivity (Wildman–Crippen MR) is 105 cm³/mol. The Balaban J connectivity index is 0. The first-order valence-electron chi connectivity index (χ1n) is 8.28. The molecule has 0 aliphatic carbocycles. The molecule has 0 aliphatic rings. The molecule has 0 aliphatic heterocycles. The molecule has 1 aromatic heterocycles. The summed E-state index contributed by atoms with van der Waals surface area (Å²) < 4.78 is 1.87. The lowest BCUT2D eigenvalue weighted by Crippen LogP contribution is -1.98. The number of carbonyl (C=O) groups excluding carboxylic acids is 1. The summed E-state index contributed by atoms with van der Waals surface area (Å²) in [5.41, 5.74) is 2.76. The summed E-state index contributed by atoms with van der Waals surface area (Å²) in [6.07, 6.45) is 0. The molecular weight excluding hydrogens is 298 g/mol. The smallest absolute Gasteiger partial charge is 0.230 e. The van der Waals surface area contributed by atoms with E-state index in [1.54, 1.807) is 6.92 Å². The molecule has 1 heterocycles. The van der Waals surface area contributed by atoms with Crippen LogP contribution in [0.3, 0.4) is 0 Å². The third-order valence-electron chi connectivity index (χ3n) is 3.04. The lowest BCUT2D eigenvalue weighted by molar-refractivity contribution is 0.101. The van der Waals surface area contributed by atoms with Crippen molar-refractivity contribution in [2.45, 2.75) is 41.5 Å². The molecule has 0 amide bonds. The Kier molecular flexibility index (Phi) is 13.9. The number of hydrogen-bond donors (Lipinski definition) is 1. The number of carbonyl (C=O) groups is 1. The van der Waals surface area contributed by atoms with Gasteiger partial charge in [0.2, 0.25) is 5.82 Å². The summed E-state index contributed by atoms with van der Waals surface area (Å²) in [6, 6.07) is 11.2. The normalized spacial score (nSPS) is 8.12. The second-order valence-corrected chi connectivity index (χ2v) is 4.36. The number of anilines is 1. The lowest BCUT2D eigenvalue weighted by Gasteiger charge is -2.03. The van der Waals surface area contributed by atoms with Crippen molar-refractivity contribution in [3.05, 3.63) is 59.1 Å². The van der Waals surface area contributed by atoms with E-state index in [0.717, 1.165) is 16.9 Å². The lowest BCUT2D eigenvalue weighted by atomic mass is 10.1. The highest BCUT2D eigenvalue weighted by atomic mass is 16.1. The highest BCUT2D eigenvalue weighted by molar-refractivity contribution is 5.99. The van der Waals surface area contributed by atoms with Crippen molar-refractivity contribution in [3.8, 4) is 0 Å². The molecule has 2 rings (SSSR count). The van der Waals surface area contributed by atoms with Crippen molar-refractivity contribution >= 4 is 17.3 Å². The van der Waals surface area contributed by atoms with Crippen molar-refractivity contribution in [1.29, 1.82) is 0 Å². The van der Waals surface area contributed by atoms with Gasteiger partial charge in [0.1, 0.15) is 0 Å². The summed E-state index contributed by atoms with van der Waals surface area (Å²) in [5.74, 6) is 0.794. The van der Waals surface area contributed by atoms with Crippen molar-refractivity contribution in [2.75, 3.05) is 12.4 Å². The summed E-state index contributed by atoms with van der Waals surface area (Å²) in [6.45, 7) is 18.2. The van der Waals surface area contributed by atoms with E-state index in [2.05, 4.69) is 10.2 Å². The fourth-order valence-electron chi connectivity index (χ4n) is 1.72. The van der Waals surface area contributed by atoms with Crippen molar-refractivity contribution < 1.29 is 4.79 Å². The Morgan fingerprint density at radius 3 is 1.92 bits per heavy atom. The van der Waals surface area contributed by atoms with Crippen LogP contribution >= 0.6 is 0 Å². The van der Waals surface area contributed by atoms with E-state index in [9.17, 15) is 4.79 Å². The number of nitrogens with zero attached hydrogens (tertiary/aromatic N) is 2. The molecule has 0 atom stereocenters. The number of rotatable bonds is 2. The standard InChI is InChI=1S/C9H11NO.C7H8N2.2C2H6/c1-7(11)8-5-3-4-6-9(8)10-2;1-6-4-5-7(8-2)9(6)3;2*1-2/h3-6,10H,1-2H3;4-5H,1,3H3;2*1-2H3. The van der Waals surface area contributed by atoms with Gasteiger partial charge in [-0.25, -0.2) is 0 Å². The summed E-state index contributed by atoms with van der Waals surface area (Å²) >= 11 is 0. The highest BCUT2D eigenvalue weighted by Gasteiger charge is 2.02. The zero-order chi connectivity index (χ0) is 19.1. The van der Waals surface area contributed by atoms with Crippen molar-refractivity contribution in [1.82, 2.24) is 4.57 Å². The first kappa shape index (κ1) is 23.7. The Morgan fingerprint density at radius 1 is 1.08 bits per heavy atom. The van der Waals surface area contributed by atoms with E-state index >= 15 is 0 Å². The van der Waals surface area contributed by atoms with Gasteiger partial charge in [0, 0.05) is 18.3 Å². The molecule has 0 bridgehead atoms. The van der Waals surface area contributed by atoms with Gasteiger partial charge in [-0.15, -0.1) is 0 Å². The minimum absolute atomic E-state index is 0.0925. The van der Waals surface area contributed by atoms with Crippen LogP contribution in [0.1, 0.15) is 50.7 Å². The van der Waals surface area contributed by atoms with Gasteiger partial charge >= 0.3 is 0 Å². The third-order valence-corrected chi connectivity index (χ3v) is 3.04. The van der Waals surface area contributed by atoms with Gasteiger partial charge in [-0.2, -0.15) is 0 Å². The number of hydrogen-bond acceptors (Lipinski definition) is 2. The number of aromatic nitrogens is 1. The van der Waals surface area contributed by atoms with Crippen LogP contribution in [0, 0.1) is 13.5 Å². The van der Waals surface area contributed by atoms with Crippen LogP contribution in [-0.2, 0) is 7.05 Å². The maximum Gasteiger partial charge on any atom is 0.230 e. The van der Waals surface area contributed by atoms with Crippen LogP contribution in [0.4, 0.5) is 11.5 Å². The first-order chi connectivity index (χ1) is 11.5. The van der Waals surface area contributed by atoms with Crippen LogP contribution in [-0.4, -0.2) is 17.4 Å². The zero-order valence-corrected chi connectivity index (χ0v) is 16.3. The SMILES string of the molecule is CC.CC.CNc1ccccc1C(C)=O.[C-]#[N+]c1ccc(C)n1C. The van der Waals surface area contributed by atoms with E-state index in [4.69, 9.17) is 6.57 Å². The average Bonchev–Trinajstić information content (AvgIpc) is 2.97. The molecular formula is C20H31N3O. The van der Waals surface area contributed by atoms with Gasteiger partial charge in [-0.1, -0.05) is 46.4 Å². The minimum atomic E-state index is 0.0925. The largest absolute Gasteiger partial charge is 0.388 e. The Hall–Kier alpha value is -2.54. The van der Waals surface area contributed by atoms with Gasteiger partial charge in [-0.3, -0.25) is 4.79 Å². The Bertz CT molecular complexity index is 637. The molecule has 2 aromatic rings. The number of benzene rings is 1.